The first-order valence-corrected chi connectivity index (χ1v) is 7.47. The minimum Gasteiger partial charge on any atom is -0.465 e. The van der Waals surface area contributed by atoms with E-state index in [1.807, 2.05) is 0 Å². The summed E-state index contributed by atoms with van der Waals surface area (Å²) in [5.74, 6) is -1.28. The van der Waals surface area contributed by atoms with E-state index in [0.717, 1.165) is 0 Å². The molecule has 1 heterocycles. The molecule has 0 aliphatic rings. The zero-order valence-electron chi connectivity index (χ0n) is 13.6. The van der Waals surface area contributed by atoms with Crippen molar-refractivity contribution in [1.29, 1.82) is 0 Å². The Morgan fingerprint density at radius 2 is 1.76 bits per heavy atom. The number of hydrogen-bond donors (Lipinski definition) is 1. The Bertz CT molecular complexity index is 1040. The van der Waals surface area contributed by atoms with Crippen LogP contribution in [0.5, 0.6) is 0 Å². The molecule has 25 heavy (non-hydrogen) atoms. The molecule has 0 unspecified atom stereocenters. The number of aromatic nitrogens is 2. The number of esters is 1. The Morgan fingerprint density at radius 1 is 1.08 bits per heavy atom. The van der Waals surface area contributed by atoms with Crippen LogP contribution in [0.25, 0.3) is 11.0 Å². The van der Waals surface area contributed by atoms with Crippen LogP contribution >= 0.6 is 0 Å². The lowest BCUT2D eigenvalue weighted by Gasteiger charge is -2.10. The van der Waals surface area contributed by atoms with E-state index in [-0.39, 0.29) is 16.9 Å². The molecule has 126 valence electrons. The van der Waals surface area contributed by atoms with Gasteiger partial charge in [-0.3, -0.25) is 9.59 Å². The number of rotatable bonds is 3. The average Bonchev–Trinajstić information content (AvgIpc) is 2.64. The number of carbonyl (C=O) groups is 2. The summed E-state index contributed by atoms with van der Waals surface area (Å²) in [4.78, 5) is 41.0. The summed E-state index contributed by atoms with van der Waals surface area (Å²) in [5, 5.41) is 2.56. The predicted octanol–water partition coefficient (Wildman–Crippen LogP) is 1.97. The topological polar surface area (TPSA) is 90.3 Å². The van der Waals surface area contributed by atoms with Crippen molar-refractivity contribution >= 4 is 28.6 Å². The third-order valence-electron chi connectivity index (χ3n) is 3.78. The molecule has 1 aromatic heterocycles. The molecule has 0 bridgehead atoms. The summed E-state index contributed by atoms with van der Waals surface area (Å²) < 4.78 is 6.06. The molecule has 0 aliphatic heterocycles. The monoisotopic (exact) mass is 337 g/mol. The SMILES string of the molecule is COC(=O)c1ccccc1NC(=O)c1nc2ccccc2n(C)c1=O. The van der Waals surface area contributed by atoms with Crippen molar-refractivity contribution in [2.75, 3.05) is 12.4 Å². The van der Waals surface area contributed by atoms with Gasteiger partial charge in [0, 0.05) is 7.05 Å². The lowest BCUT2D eigenvalue weighted by molar-refractivity contribution is 0.0602. The van der Waals surface area contributed by atoms with Crippen molar-refractivity contribution in [1.82, 2.24) is 9.55 Å². The number of benzene rings is 2. The zero-order valence-corrected chi connectivity index (χ0v) is 13.6. The van der Waals surface area contributed by atoms with Gasteiger partial charge in [-0.2, -0.15) is 0 Å². The Balaban J connectivity index is 2.03. The molecule has 0 atom stereocenters. The lowest BCUT2D eigenvalue weighted by atomic mass is 10.1. The Morgan fingerprint density at radius 3 is 2.52 bits per heavy atom. The molecule has 2 aromatic carbocycles. The number of aryl methyl sites for hydroxylation is 1. The van der Waals surface area contributed by atoms with Gasteiger partial charge in [0.2, 0.25) is 0 Å². The zero-order chi connectivity index (χ0) is 18.0. The fraction of sp³-hybridized carbons (Fsp3) is 0.111. The van der Waals surface area contributed by atoms with E-state index in [1.54, 1.807) is 49.5 Å². The summed E-state index contributed by atoms with van der Waals surface area (Å²) in [6, 6.07) is 13.4. The molecule has 0 saturated carbocycles. The first kappa shape index (κ1) is 16.4. The van der Waals surface area contributed by atoms with Crippen LogP contribution in [0.1, 0.15) is 20.8 Å². The molecule has 7 nitrogen and oxygen atoms in total. The molecule has 3 aromatic rings. The second-order valence-corrected chi connectivity index (χ2v) is 5.30. The van der Waals surface area contributed by atoms with Gasteiger partial charge in [0.1, 0.15) is 0 Å². The van der Waals surface area contributed by atoms with Gasteiger partial charge in [0.25, 0.3) is 11.5 Å². The maximum atomic E-state index is 12.6. The highest BCUT2D eigenvalue weighted by Gasteiger charge is 2.19. The third-order valence-corrected chi connectivity index (χ3v) is 3.78. The maximum absolute atomic E-state index is 12.6. The van der Waals surface area contributed by atoms with E-state index in [1.165, 1.54) is 17.7 Å². The second-order valence-electron chi connectivity index (χ2n) is 5.30. The molecule has 1 N–H and O–H groups in total. The van der Waals surface area contributed by atoms with Crippen molar-refractivity contribution in [3.05, 3.63) is 70.1 Å². The first-order valence-electron chi connectivity index (χ1n) is 7.47. The van der Waals surface area contributed by atoms with Crippen LogP contribution in [0.3, 0.4) is 0 Å². The summed E-state index contributed by atoms with van der Waals surface area (Å²) in [5.41, 5.74) is 0.815. The van der Waals surface area contributed by atoms with Crippen LogP contribution in [0, 0.1) is 0 Å². The largest absolute Gasteiger partial charge is 0.465 e. The fourth-order valence-corrected chi connectivity index (χ4v) is 2.49. The average molecular weight is 337 g/mol. The molecule has 0 spiro atoms. The number of anilines is 1. The Labute approximate surface area is 142 Å². The van der Waals surface area contributed by atoms with Crippen molar-refractivity contribution in [3.8, 4) is 0 Å². The van der Waals surface area contributed by atoms with Crippen LogP contribution in [-0.4, -0.2) is 28.5 Å². The molecule has 3 rings (SSSR count). The van der Waals surface area contributed by atoms with Gasteiger partial charge in [0.15, 0.2) is 5.69 Å². The van der Waals surface area contributed by atoms with E-state index in [4.69, 9.17) is 4.74 Å². The van der Waals surface area contributed by atoms with Crippen molar-refractivity contribution < 1.29 is 14.3 Å². The van der Waals surface area contributed by atoms with Crippen molar-refractivity contribution in [2.24, 2.45) is 7.05 Å². The van der Waals surface area contributed by atoms with Crippen LogP contribution in [-0.2, 0) is 11.8 Å². The predicted molar refractivity (Wildman–Crippen MR) is 92.7 cm³/mol. The quantitative estimate of drug-likeness (QED) is 0.738. The van der Waals surface area contributed by atoms with Gasteiger partial charge in [-0.1, -0.05) is 24.3 Å². The maximum Gasteiger partial charge on any atom is 0.339 e. The van der Waals surface area contributed by atoms with Crippen molar-refractivity contribution in [2.45, 2.75) is 0 Å². The van der Waals surface area contributed by atoms with Crippen LogP contribution in [0.2, 0.25) is 0 Å². The number of nitrogens with one attached hydrogen (secondary N) is 1. The summed E-state index contributed by atoms with van der Waals surface area (Å²) in [6.45, 7) is 0. The molecule has 0 fully saturated rings. The van der Waals surface area contributed by atoms with Crippen LogP contribution in [0.15, 0.2) is 53.3 Å². The van der Waals surface area contributed by atoms with Crippen molar-refractivity contribution in [3.63, 3.8) is 0 Å². The number of ether oxygens (including phenoxy) is 1. The van der Waals surface area contributed by atoms with Gasteiger partial charge in [-0.25, -0.2) is 9.78 Å². The first-order chi connectivity index (χ1) is 12.0. The number of para-hydroxylation sites is 3. The third kappa shape index (κ3) is 2.99. The normalized spacial score (nSPS) is 10.5. The second kappa shape index (κ2) is 6.56. The van der Waals surface area contributed by atoms with Gasteiger partial charge in [-0.15, -0.1) is 0 Å². The van der Waals surface area contributed by atoms with Gasteiger partial charge in [0.05, 0.1) is 29.4 Å². The minimum absolute atomic E-state index is 0.191. The fourth-order valence-electron chi connectivity index (χ4n) is 2.49. The lowest BCUT2D eigenvalue weighted by Crippen LogP contribution is -2.30. The van der Waals surface area contributed by atoms with E-state index in [0.29, 0.717) is 11.0 Å². The minimum atomic E-state index is -0.692. The number of methoxy groups -OCH3 is 1. The number of nitrogens with zero attached hydrogens (tertiary/aromatic N) is 2. The van der Waals surface area contributed by atoms with Gasteiger partial charge < -0.3 is 14.6 Å². The van der Waals surface area contributed by atoms with E-state index in [9.17, 15) is 14.4 Å². The number of amides is 1. The highest BCUT2D eigenvalue weighted by atomic mass is 16.5. The molecule has 0 aliphatic carbocycles. The van der Waals surface area contributed by atoms with E-state index >= 15 is 0 Å². The molecule has 0 radical (unpaired) electrons. The molecule has 0 saturated heterocycles. The van der Waals surface area contributed by atoms with E-state index < -0.39 is 17.4 Å². The highest BCUT2D eigenvalue weighted by molar-refractivity contribution is 6.07. The Hall–Kier alpha value is -3.48. The van der Waals surface area contributed by atoms with E-state index in [2.05, 4.69) is 10.3 Å². The smallest absolute Gasteiger partial charge is 0.339 e. The van der Waals surface area contributed by atoms with Gasteiger partial charge >= 0.3 is 5.97 Å². The molecular weight excluding hydrogens is 322 g/mol. The molecular formula is C18H15N3O4. The number of carbonyl (C=O) groups excluding carboxylic acids is 2. The number of fused-ring (bicyclic) bond motifs is 1. The van der Waals surface area contributed by atoms with Gasteiger partial charge in [-0.05, 0) is 24.3 Å². The standard InChI is InChI=1S/C18H15N3O4/c1-21-14-10-6-5-9-13(14)19-15(17(21)23)16(22)20-12-8-4-3-7-11(12)18(24)25-2/h3-10H,1-2H3,(H,20,22). The highest BCUT2D eigenvalue weighted by Crippen LogP contribution is 2.17. The number of hydrogen-bond acceptors (Lipinski definition) is 5. The summed E-state index contributed by atoms with van der Waals surface area (Å²) in [7, 11) is 2.83. The Kier molecular flexibility index (Phi) is 4.30. The van der Waals surface area contributed by atoms with Crippen LogP contribution < -0.4 is 10.9 Å². The van der Waals surface area contributed by atoms with Crippen LogP contribution in [0.4, 0.5) is 5.69 Å². The molecule has 1 amide bonds. The summed E-state index contributed by atoms with van der Waals surface area (Å²) in [6.07, 6.45) is 0. The summed E-state index contributed by atoms with van der Waals surface area (Å²) >= 11 is 0. The molecule has 7 heteroatoms.